The molecule has 0 aliphatic rings. The zero-order chi connectivity index (χ0) is 15.6. The molecule has 0 saturated heterocycles. The van der Waals surface area contributed by atoms with Crippen LogP contribution in [0.1, 0.15) is 79.1 Å². The highest BCUT2D eigenvalue weighted by Gasteiger charge is 2.37. The van der Waals surface area contributed by atoms with Crippen LogP contribution in [-0.4, -0.2) is 23.0 Å². The van der Waals surface area contributed by atoms with Gasteiger partial charge in [0.25, 0.3) is 0 Å². The van der Waals surface area contributed by atoms with Crippen LogP contribution in [-0.2, 0) is 9.59 Å². The second kappa shape index (κ2) is 9.78. The molecule has 4 heteroatoms. The van der Waals surface area contributed by atoms with Gasteiger partial charge in [-0.05, 0) is 25.7 Å². The molecule has 0 aromatic heterocycles. The first-order valence-electron chi connectivity index (χ1n) is 7.98. The maximum absolute atomic E-state index is 12.2. The van der Waals surface area contributed by atoms with Crippen molar-refractivity contribution in [3.05, 3.63) is 0 Å². The number of aliphatic carboxylic acids is 1. The number of carboxylic acid groups (broad SMARTS) is 1. The van der Waals surface area contributed by atoms with Gasteiger partial charge in [-0.3, -0.25) is 9.59 Å². The molecule has 0 aromatic carbocycles. The normalized spacial score (nSPS) is 13.0. The van der Waals surface area contributed by atoms with Crippen LogP contribution < -0.4 is 5.32 Å². The fraction of sp³-hybridized carbons (Fsp3) is 0.875. The van der Waals surface area contributed by atoms with Gasteiger partial charge in [0.1, 0.15) is 0 Å². The van der Waals surface area contributed by atoms with Crippen molar-refractivity contribution in [2.45, 2.75) is 85.1 Å². The van der Waals surface area contributed by atoms with Crippen molar-refractivity contribution in [1.82, 2.24) is 5.32 Å². The lowest BCUT2D eigenvalue weighted by molar-refractivity contribution is -0.152. The van der Waals surface area contributed by atoms with Gasteiger partial charge in [-0.15, -0.1) is 0 Å². The highest BCUT2D eigenvalue weighted by Crippen LogP contribution is 2.31. The second-order valence-electron chi connectivity index (χ2n) is 5.66. The number of carbonyl (C=O) groups excluding carboxylic acids is 1. The lowest BCUT2D eigenvalue weighted by Crippen LogP contribution is -2.41. The van der Waals surface area contributed by atoms with E-state index >= 15 is 0 Å². The van der Waals surface area contributed by atoms with Gasteiger partial charge in [0, 0.05) is 12.5 Å². The van der Waals surface area contributed by atoms with E-state index in [-0.39, 0.29) is 18.4 Å². The number of nitrogens with one attached hydrogen (secondary N) is 1. The minimum Gasteiger partial charge on any atom is -0.481 e. The van der Waals surface area contributed by atoms with E-state index in [1.807, 2.05) is 13.8 Å². The number of hydrogen-bond acceptors (Lipinski definition) is 2. The highest BCUT2D eigenvalue weighted by atomic mass is 16.4. The van der Waals surface area contributed by atoms with Crippen LogP contribution in [0.3, 0.4) is 0 Å². The largest absolute Gasteiger partial charge is 0.481 e. The summed E-state index contributed by atoms with van der Waals surface area (Å²) in [5.41, 5.74) is -0.911. The predicted octanol–water partition coefficient (Wildman–Crippen LogP) is 3.74. The number of amides is 1. The molecule has 0 fully saturated rings. The third kappa shape index (κ3) is 5.93. The monoisotopic (exact) mass is 285 g/mol. The molecule has 4 nitrogen and oxygen atoms in total. The Morgan fingerprint density at radius 1 is 1.05 bits per heavy atom. The van der Waals surface area contributed by atoms with Gasteiger partial charge in [0.2, 0.25) is 5.91 Å². The SMILES string of the molecule is CCCCC(CCC)NC(=O)CC(CC)(CC)C(=O)O. The van der Waals surface area contributed by atoms with Crippen LogP contribution in [0, 0.1) is 5.41 Å². The van der Waals surface area contributed by atoms with Crippen LogP contribution in [0.4, 0.5) is 0 Å². The van der Waals surface area contributed by atoms with E-state index in [4.69, 9.17) is 0 Å². The second-order valence-corrected chi connectivity index (χ2v) is 5.66. The van der Waals surface area contributed by atoms with Crippen LogP contribution in [0.5, 0.6) is 0 Å². The lowest BCUT2D eigenvalue weighted by atomic mass is 9.79. The fourth-order valence-electron chi connectivity index (χ4n) is 2.55. The van der Waals surface area contributed by atoms with E-state index in [1.54, 1.807) is 0 Å². The number of rotatable bonds is 11. The van der Waals surface area contributed by atoms with Crippen LogP contribution >= 0.6 is 0 Å². The molecular weight excluding hydrogens is 254 g/mol. The molecular formula is C16H31NO3. The van der Waals surface area contributed by atoms with E-state index in [1.165, 1.54) is 0 Å². The summed E-state index contributed by atoms with van der Waals surface area (Å²) in [7, 11) is 0. The van der Waals surface area contributed by atoms with Crippen molar-refractivity contribution < 1.29 is 14.7 Å². The van der Waals surface area contributed by atoms with E-state index in [9.17, 15) is 14.7 Å². The lowest BCUT2D eigenvalue weighted by Gasteiger charge is -2.27. The average molecular weight is 285 g/mol. The summed E-state index contributed by atoms with van der Waals surface area (Å²) in [4.78, 5) is 23.6. The Bertz CT molecular complexity index is 298. The minimum atomic E-state index is -0.911. The molecule has 0 saturated carbocycles. The Morgan fingerprint density at radius 2 is 1.65 bits per heavy atom. The van der Waals surface area contributed by atoms with Crippen molar-refractivity contribution in [1.29, 1.82) is 0 Å². The van der Waals surface area contributed by atoms with Gasteiger partial charge in [-0.1, -0.05) is 47.0 Å². The topological polar surface area (TPSA) is 66.4 Å². The van der Waals surface area contributed by atoms with Crippen molar-refractivity contribution in [3.8, 4) is 0 Å². The van der Waals surface area contributed by atoms with E-state index in [0.29, 0.717) is 12.8 Å². The van der Waals surface area contributed by atoms with Crippen molar-refractivity contribution in [2.24, 2.45) is 5.41 Å². The average Bonchev–Trinajstić information content (AvgIpc) is 2.42. The number of unbranched alkanes of at least 4 members (excludes halogenated alkanes) is 1. The molecule has 0 rings (SSSR count). The molecule has 20 heavy (non-hydrogen) atoms. The molecule has 118 valence electrons. The Hall–Kier alpha value is -1.06. The van der Waals surface area contributed by atoms with Gasteiger partial charge in [-0.2, -0.15) is 0 Å². The summed E-state index contributed by atoms with van der Waals surface area (Å²) >= 11 is 0. The van der Waals surface area contributed by atoms with Gasteiger partial charge in [-0.25, -0.2) is 0 Å². The molecule has 1 atom stereocenters. The fourth-order valence-corrected chi connectivity index (χ4v) is 2.55. The standard InChI is InChI=1S/C16H31NO3/c1-5-9-11-13(10-6-2)17-14(18)12-16(7-3,8-4)15(19)20/h13H,5-12H2,1-4H3,(H,17,18)(H,19,20). The Kier molecular flexibility index (Phi) is 9.26. The highest BCUT2D eigenvalue weighted by molar-refractivity contribution is 5.85. The Labute approximate surface area is 123 Å². The molecule has 0 radical (unpaired) electrons. The zero-order valence-corrected chi connectivity index (χ0v) is 13.5. The molecule has 0 spiro atoms. The summed E-state index contributed by atoms with van der Waals surface area (Å²) in [6.45, 7) is 7.91. The van der Waals surface area contributed by atoms with Crippen molar-refractivity contribution in [2.75, 3.05) is 0 Å². The molecule has 0 aliphatic carbocycles. The molecule has 0 aromatic rings. The molecule has 2 N–H and O–H groups in total. The van der Waals surface area contributed by atoms with Gasteiger partial charge in [0.15, 0.2) is 0 Å². The third-order valence-electron chi connectivity index (χ3n) is 4.21. The summed E-state index contributed by atoms with van der Waals surface area (Å²) in [6, 6.07) is 0.188. The molecule has 1 amide bonds. The first-order chi connectivity index (χ1) is 9.45. The first kappa shape index (κ1) is 18.9. The zero-order valence-electron chi connectivity index (χ0n) is 13.5. The minimum absolute atomic E-state index is 0.0850. The Balaban J connectivity index is 4.59. The van der Waals surface area contributed by atoms with E-state index < -0.39 is 11.4 Å². The molecule has 0 heterocycles. The maximum Gasteiger partial charge on any atom is 0.310 e. The van der Waals surface area contributed by atoms with Crippen LogP contribution in [0.25, 0.3) is 0 Å². The Morgan fingerprint density at radius 3 is 2.05 bits per heavy atom. The number of carbonyl (C=O) groups is 2. The van der Waals surface area contributed by atoms with Gasteiger partial charge in [0.05, 0.1) is 5.41 Å². The molecule has 1 unspecified atom stereocenters. The van der Waals surface area contributed by atoms with Crippen molar-refractivity contribution >= 4 is 11.9 Å². The smallest absolute Gasteiger partial charge is 0.310 e. The summed E-state index contributed by atoms with van der Waals surface area (Å²) in [5, 5.41) is 12.4. The van der Waals surface area contributed by atoms with E-state index in [0.717, 1.165) is 32.1 Å². The quantitative estimate of drug-likeness (QED) is 0.607. The van der Waals surface area contributed by atoms with Crippen LogP contribution in [0.2, 0.25) is 0 Å². The number of hydrogen-bond donors (Lipinski definition) is 2. The van der Waals surface area contributed by atoms with Crippen molar-refractivity contribution in [3.63, 3.8) is 0 Å². The molecule has 0 bridgehead atoms. The summed E-state index contributed by atoms with van der Waals surface area (Å²) in [5.74, 6) is -0.982. The first-order valence-corrected chi connectivity index (χ1v) is 7.98. The summed E-state index contributed by atoms with van der Waals surface area (Å²) in [6.07, 6.45) is 6.23. The molecule has 0 aliphatic heterocycles. The van der Waals surface area contributed by atoms with Gasteiger partial charge < -0.3 is 10.4 Å². The maximum atomic E-state index is 12.2. The van der Waals surface area contributed by atoms with Crippen LogP contribution in [0.15, 0.2) is 0 Å². The van der Waals surface area contributed by atoms with Gasteiger partial charge >= 0.3 is 5.97 Å². The van der Waals surface area contributed by atoms with E-state index in [2.05, 4.69) is 19.2 Å². The third-order valence-corrected chi connectivity index (χ3v) is 4.21. The predicted molar refractivity (Wildman–Crippen MR) is 81.6 cm³/mol. The number of carboxylic acids is 1. The summed E-state index contributed by atoms with van der Waals surface area (Å²) < 4.78 is 0.